The molecular weight excluding hydrogens is 518 g/mol. The number of aromatic nitrogens is 4. The van der Waals surface area contributed by atoms with Crippen LogP contribution >= 0.6 is 11.6 Å². The average Bonchev–Trinajstić information content (AvgIpc) is 3.26. The molecule has 0 saturated heterocycles. The number of fused-ring (bicyclic) bond motifs is 1. The first-order valence-electron chi connectivity index (χ1n) is 11.9. The second-order valence-corrected chi connectivity index (χ2v) is 8.89. The van der Waals surface area contributed by atoms with Gasteiger partial charge in [0.15, 0.2) is 6.04 Å². The van der Waals surface area contributed by atoms with E-state index in [9.17, 15) is 14.4 Å². The van der Waals surface area contributed by atoms with Crippen LogP contribution in [-0.2, 0) is 4.79 Å². The molecule has 5 aromatic rings. The Kier molecular flexibility index (Phi) is 7.28. The van der Waals surface area contributed by atoms with E-state index in [1.54, 1.807) is 66.2 Å². The zero-order valence-corrected chi connectivity index (χ0v) is 21.4. The Balaban J connectivity index is 1.45. The lowest BCUT2D eigenvalue weighted by Crippen LogP contribution is -2.40. The van der Waals surface area contributed by atoms with Crippen LogP contribution in [-0.4, -0.2) is 38.0 Å². The maximum Gasteiger partial charge on any atom is 0.272 e. The van der Waals surface area contributed by atoms with Gasteiger partial charge in [0, 0.05) is 10.9 Å². The van der Waals surface area contributed by atoms with Crippen molar-refractivity contribution >= 4 is 40.4 Å². The van der Waals surface area contributed by atoms with Crippen LogP contribution in [0.3, 0.4) is 0 Å². The Morgan fingerprint density at radius 1 is 0.974 bits per heavy atom. The van der Waals surface area contributed by atoms with Crippen molar-refractivity contribution < 1.29 is 9.59 Å². The molecule has 0 aliphatic carbocycles. The first-order valence-corrected chi connectivity index (χ1v) is 12.3. The first-order chi connectivity index (χ1) is 18.9. The smallest absolute Gasteiger partial charge is 0.272 e. The summed E-state index contributed by atoms with van der Waals surface area (Å²) in [4.78, 5) is 38.7. The molecule has 5 rings (SSSR count). The van der Waals surface area contributed by atoms with E-state index in [0.717, 1.165) is 5.69 Å². The van der Waals surface area contributed by atoms with Gasteiger partial charge in [-0.05, 0) is 37.3 Å². The van der Waals surface area contributed by atoms with Gasteiger partial charge < -0.3 is 5.32 Å². The van der Waals surface area contributed by atoms with Crippen molar-refractivity contribution in [2.24, 2.45) is 5.10 Å². The number of hydrogen-bond acceptors (Lipinski definition) is 6. The number of hydrazone groups is 1. The van der Waals surface area contributed by atoms with Crippen LogP contribution in [0.25, 0.3) is 16.5 Å². The molecule has 1 atom stereocenters. The number of aromatic amines is 1. The predicted molar refractivity (Wildman–Crippen MR) is 148 cm³/mol. The first kappa shape index (κ1) is 25.6. The van der Waals surface area contributed by atoms with Gasteiger partial charge in [0.2, 0.25) is 0 Å². The molecule has 0 aliphatic rings. The molecule has 11 heteroatoms. The van der Waals surface area contributed by atoms with Crippen molar-refractivity contribution in [1.82, 2.24) is 30.7 Å². The fourth-order valence-electron chi connectivity index (χ4n) is 4.04. The summed E-state index contributed by atoms with van der Waals surface area (Å²) in [7, 11) is 0. The number of hydrogen-bond donors (Lipinski definition) is 3. The van der Waals surface area contributed by atoms with Crippen molar-refractivity contribution in [3.8, 4) is 5.69 Å². The van der Waals surface area contributed by atoms with Gasteiger partial charge in [0.05, 0.1) is 28.5 Å². The van der Waals surface area contributed by atoms with Gasteiger partial charge in [0.1, 0.15) is 10.8 Å². The van der Waals surface area contributed by atoms with Gasteiger partial charge in [-0.15, -0.1) is 0 Å². The number of carbonyl (C=O) groups excluding carboxylic acids is 2. The maximum absolute atomic E-state index is 13.4. The highest BCUT2D eigenvalue weighted by Crippen LogP contribution is 2.23. The standard InChI is InChI=1S/C28H22ClN7O3/c1-17-22(25(29)36(35-17)19-12-6-3-7-13-19)16-30-33-28(39)24(31-26(37)18-10-4-2-5-11-18)23-20-14-8-9-15-21(20)27(38)34-32-23/h2-16,24H,1H3,(H,31,37)(H,33,39)(H,34,38). The quantitative estimate of drug-likeness (QED) is 0.214. The average molecular weight is 540 g/mol. The van der Waals surface area contributed by atoms with Crippen LogP contribution in [0.4, 0.5) is 0 Å². The zero-order valence-electron chi connectivity index (χ0n) is 20.6. The number of aryl methyl sites for hydroxylation is 1. The summed E-state index contributed by atoms with van der Waals surface area (Å²) in [6.45, 7) is 1.77. The summed E-state index contributed by atoms with van der Waals surface area (Å²) in [6, 6.07) is 23.2. The molecule has 3 aromatic carbocycles. The monoisotopic (exact) mass is 539 g/mol. The molecule has 0 spiro atoms. The van der Waals surface area contributed by atoms with Crippen molar-refractivity contribution in [2.45, 2.75) is 13.0 Å². The van der Waals surface area contributed by atoms with E-state index in [1.807, 2.05) is 30.3 Å². The number of para-hydroxylation sites is 1. The molecule has 2 amide bonds. The van der Waals surface area contributed by atoms with E-state index in [1.165, 1.54) is 6.21 Å². The third-order valence-electron chi connectivity index (χ3n) is 5.99. The van der Waals surface area contributed by atoms with E-state index in [0.29, 0.717) is 32.7 Å². The molecule has 0 bridgehead atoms. The Hall–Kier alpha value is -5.09. The summed E-state index contributed by atoms with van der Waals surface area (Å²) < 4.78 is 1.57. The molecule has 0 radical (unpaired) electrons. The summed E-state index contributed by atoms with van der Waals surface area (Å²) in [6.07, 6.45) is 1.39. The number of nitrogens with one attached hydrogen (secondary N) is 3. The van der Waals surface area contributed by atoms with E-state index < -0.39 is 23.4 Å². The molecule has 3 N–H and O–H groups in total. The Labute approximate surface area is 227 Å². The van der Waals surface area contributed by atoms with Crippen molar-refractivity contribution in [3.63, 3.8) is 0 Å². The Morgan fingerprint density at radius 2 is 1.62 bits per heavy atom. The molecular formula is C28H22ClN7O3. The van der Waals surface area contributed by atoms with Crippen molar-refractivity contribution in [2.75, 3.05) is 0 Å². The van der Waals surface area contributed by atoms with Gasteiger partial charge in [-0.1, -0.05) is 66.2 Å². The number of halogens is 1. The van der Waals surface area contributed by atoms with Crippen molar-refractivity contribution in [1.29, 1.82) is 0 Å². The van der Waals surface area contributed by atoms with Gasteiger partial charge >= 0.3 is 0 Å². The fraction of sp³-hybridized carbons (Fsp3) is 0.0714. The lowest BCUT2D eigenvalue weighted by Gasteiger charge is -2.18. The van der Waals surface area contributed by atoms with E-state index in [4.69, 9.17) is 11.6 Å². The van der Waals surface area contributed by atoms with Crippen LogP contribution in [0.2, 0.25) is 5.15 Å². The number of carbonyl (C=O) groups is 2. The molecule has 0 fully saturated rings. The summed E-state index contributed by atoms with van der Waals surface area (Å²) >= 11 is 6.55. The molecule has 1 unspecified atom stereocenters. The number of amides is 2. The third-order valence-corrected chi connectivity index (χ3v) is 6.35. The van der Waals surface area contributed by atoms with Crippen LogP contribution in [0.1, 0.15) is 33.4 Å². The Bertz CT molecular complexity index is 1750. The van der Waals surface area contributed by atoms with Gasteiger partial charge in [0.25, 0.3) is 17.4 Å². The number of rotatable bonds is 7. The van der Waals surface area contributed by atoms with Crippen molar-refractivity contribution in [3.05, 3.63) is 123 Å². The summed E-state index contributed by atoms with van der Waals surface area (Å²) in [5.74, 6) is -1.18. The minimum absolute atomic E-state index is 0.160. The molecule has 194 valence electrons. The predicted octanol–water partition coefficient (Wildman–Crippen LogP) is 3.69. The lowest BCUT2D eigenvalue weighted by atomic mass is 10.0. The number of nitrogens with zero attached hydrogens (tertiary/aromatic N) is 4. The van der Waals surface area contributed by atoms with Gasteiger partial charge in [-0.2, -0.15) is 15.3 Å². The fourth-order valence-corrected chi connectivity index (χ4v) is 4.36. The van der Waals surface area contributed by atoms with E-state index in [-0.39, 0.29) is 5.69 Å². The van der Waals surface area contributed by atoms with E-state index >= 15 is 0 Å². The lowest BCUT2D eigenvalue weighted by molar-refractivity contribution is -0.123. The molecule has 0 saturated carbocycles. The highest BCUT2D eigenvalue weighted by atomic mass is 35.5. The molecule has 0 aliphatic heterocycles. The van der Waals surface area contributed by atoms with Crippen LogP contribution < -0.4 is 16.3 Å². The van der Waals surface area contributed by atoms with E-state index in [2.05, 4.69) is 31.1 Å². The second kappa shape index (κ2) is 11.1. The largest absolute Gasteiger partial charge is 0.335 e. The van der Waals surface area contributed by atoms with Crippen LogP contribution in [0, 0.1) is 6.92 Å². The SMILES string of the molecule is Cc1nn(-c2ccccc2)c(Cl)c1C=NNC(=O)C(NC(=O)c1ccccc1)c1n[nH]c(=O)c2ccccc12. The molecule has 39 heavy (non-hydrogen) atoms. The topological polar surface area (TPSA) is 134 Å². The highest BCUT2D eigenvalue weighted by Gasteiger charge is 2.27. The molecule has 2 heterocycles. The number of benzene rings is 3. The second-order valence-electron chi connectivity index (χ2n) is 8.53. The normalized spacial score (nSPS) is 11.9. The Morgan fingerprint density at radius 3 is 2.33 bits per heavy atom. The minimum Gasteiger partial charge on any atom is -0.335 e. The summed E-state index contributed by atoms with van der Waals surface area (Å²) in [5, 5.41) is 18.8. The highest BCUT2D eigenvalue weighted by molar-refractivity contribution is 6.32. The summed E-state index contributed by atoms with van der Waals surface area (Å²) in [5.41, 5.74) is 4.44. The number of H-pyrrole nitrogens is 1. The minimum atomic E-state index is -1.28. The van der Waals surface area contributed by atoms with Gasteiger partial charge in [-0.3, -0.25) is 14.4 Å². The van der Waals surface area contributed by atoms with Gasteiger partial charge in [-0.25, -0.2) is 15.2 Å². The molecule has 10 nitrogen and oxygen atoms in total. The zero-order chi connectivity index (χ0) is 27.4. The van der Waals surface area contributed by atoms with Crippen LogP contribution in [0.15, 0.2) is 94.8 Å². The maximum atomic E-state index is 13.4. The third kappa shape index (κ3) is 5.32. The van der Waals surface area contributed by atoms with Crippen LogP contribution in [0.5, 0.6) is 0 Å². The molecule has 2 aromatic heterocycles.